The number of ketones is 2. The number of Topliss-reactive ketones (excluding diaryl/α,β-unsaturated/α-hetero) is 2. The molecule has 0 saturated heterocycles. The molecule has 1 aliphatic rings. The molecule has 0 N–H and O–H groups in total. The number of rotatable bonds is 2. The van der Waals surface area contributed by atoms with Gasteiger partial charge in [0.1, 0.15) is 6.10 Å². The fraction of sp³-hybridized carbons (Fsp3) is 0.667. The van der Waals surface area contributed by atoms with Gasteiger partial charge in [-0.05, 0) is 27.7 Å². The van der Waals surface area contributed by atoms with E-state index in [0.717, 1.165) is 0 Å². The summed E-state index contributed by atoms with van der Waals surface area (Å²) in [5.74, 6) is -0.405. The Morgan fingerprint density at radius 2 is 1.85 bits per heavy atom. The van der Waals surface area contributed by atoms with Crippen molar-refractivity contribution in [1.82, 2.24) is 0 Å². The maximum Gasteiger partial charge on any atom is 0.166 e. The molecule has 0 aromatic heterocycles. The molecule has 0 aromatic carbocycles. The summed E-state index contributed by atoms with van der Waals surface area (Å²) in [5, 5.41) is 3.69. The summed E-state index contributed by atoms with van der Waals surface area (Å²) in [6, 6.07) is 0. The van der Waals surface area contributed by atoms with Crippen LogP contribution in [0.15, 0.2) is 5.16 Å². The Balaban J connectivity index is 3.25. The van der Waals surface area contributed by atoms with Crippen molar-refractivity contribution in [3.8, 4) is 0 Å². The molecule has 0 aromatic rings. The Bertz CT molecular complexity index is 279. The van der Waals surface area contributed by atoms with E-state index in [1.165, 1.54) is 13.8 Å². The molecule has 0 fully saturated rings. The van der Waals surface area contributed by atoms with Crippen LogP contribution in [-0.4, -0.2) is 23.4 Å². The first kappa shape index (κ1) is 9.89. The van der Waals surface area contributed by atoms with Crippen molar-refractivity contribution in [3.05, 3.63) is 0 Å². The summed E-state index contributed by atoms with van der Waals surface area (Å²) in [6.45, 7) is 6.12. The molecule has 0 saturated carbocycles. The van der Waals surface area contributed by atoms with E-state index < -0.39 is 11.5 Å². The highest BCUT2D eigenvalue weighted by Gasteiger charge is 2.53. The minimum absolute atomic E-state index is 0.203. The quantitative estimate of drug-likeness (QED) is 0.599. The monoisotopic (exact) mass is 183 g/mol. The SMILES string of the molecule is CC(=O)C1(C(C)=O)C(C)=NOC1C. The number of nitrogens with zero attached hydrogens (tertiary/aromatic N) is 1. The third-order valence-corrected chi connectivity index (χ3v) is 2.64. The topological polar surface area (TPSA) is 55.7 Å². The normalized spacial score (nSPS) is 24.9. The van der Waals surface area contributed by atoms with E-state index in [9.17, 15) is 9.59 Å². The Hall–Kier alpha value is -1.19. The summed E-state index contributed by atoms with van der Waals surface area (Å²) in [5.41, 5.74) is -0.681. The molecule has 0 spiro atoms. The predicted octanol–water partition coefficient (Wildman–Crippen LogP) is 0.945. The van der Waals surface area contributed by atoms with Crippen molar-refractivity contribution in [3.63, 3.8) is 0 Å². The molecule has 1 atom stereocenters. The van der Waals surface area contributed by atoms with Gasteiger partial charge < -0.3 is 4.84 Å². The predicted molar refractivity (Wildman–Crippen MR) is 47.5 cm³/mol. The third-order valence-electron chi connectivity index (χ3n) is 2.64. The van der Waals surface area contributed by atoms with Crippen LogP contribution in [0.1, 0.15) is 27.7 Å². The lowest BCUT2D eigenvalue weighted by Gasteiger charge is -2.25. The second-order valence-electron chi connectivity index (χ2n) is 3.34. The second-order valence-corrected chi connectivity index (χ2v) is 3.34. The molecule has 4 heteroatoms. The zero-order chi connectivity index (χ0) is 10.2. The second kappa shape index (κ2) is 2.94. The van der Waals surface area contributed by atoms with Gasteiger partial charge in [-0.3, -0.25) is 9.59 Å². The number of hydrogen-bond donors (Lipinski definition) is 0. The van der Waals surface area contributed by atoms with Crippen LogP contribution in [0.25, 0.3) is 0 Å². The fourth-order valence-electron chi connectivity index (χ4n) is 1.93. The highest BCUT2D eigenvalue weighted by atomic mass is 16.6. The Morgan fingerprint density at radius 1 is 1.38 bits per heavy atom. The maximum absolute atomic E-state index is 11.4. The van der Waals surface area contributed by atoms with Crippen LogP contribution in [0.4, 0.5) is 0 Å². The largest absolute Gasteiger partial charge is 0.391 e. The van der Waals surface area contributed by atoms with Gasteiger partial charge in [-0.25, -0.2) is 0 Å². The molecule has 1 rings (SSSR count). The van der Waals surface area contributed by atoms with Gasteiger partial charge in [0.25, 0.3) is 0 Å². The zero-order valence-corrected chi connectivity index (χ0v) is 8.25. The van der Waals surface area contributed by atoms with Crippen molar-refractivity contribution in [2.75, 3.05) is 0 Å². The van der Waals surface area contributed by atoms with Gasteiger partial charge in [-0.1, -0.05) is 5.16 Å². The van der Waals surface area contributed by atoms with E-state index in [2.05, 4.69) is 5.16 Å². The van der Waals surface area contributed by atoms with Crippen molar-refractivity contribution < 1.29 is 14.4 Å². The molecule has 13 heavy (non-hydrogen) atoms. The standard InChI is InChI=1S/C9H13NO3/c1-5-9(6(2)11,7(3)12)8(4)13-10-5/h8H,1-4H3. The Kier molecular flexibility index (Phi) is 2.24. The molecule has 1 aliphatic heterocycles. The Morgan fingerprint density at radius 3 is 2.00 bits per heavy atom. The molecule has 0 bridgehead atoms. The van der Waals surface area contributed by atoms with Crippen LogP contribution >= 0.6 is 0 Å². The first-order valence-electron chi connectivity index (χ1n) is 4.17. The van der Waals surface area contributed by atoms with Gasteiger partial charge in [0.05, 0.1) is 5.71 Å². The first-order valence-corrected chi connectivity index (χ1v) is 4.17. The molecule has 72 valence electrons. The summed E-state index contributed by atoms with van der Waals surface area (Å²) < 4.78 is 0. The number of hydrogen-bond acceptors (Lipinski definition) is 4. The number of carbonyl (C=O) groups is 2. The van der Waals surface area contributed by atoms with Crippen LogP contribution in [0.2, 0.25) is 0 Å². The highest BCUT2D eigenvalue weighted by molar-refractivity contribution is 6.25. The molecular weight excluding hydrogens is 170 g/mol. The summed E-state index contributed by atoms with van der Waals surface area (Å²) in [4.78, 5) is 27.8. The Labute approximate surface area is 76.9 Å². The fourth-order valence-corrected chi connectivity index (χ4v) is 1.93. The number of oxime groups is 1. The van der Waals surface area contributed by atoms with E-state index in [0.29, 0.717) is 5.71 Å². The van der Waals surface area contributed by atoms with Crippen LogP contribution in [0.5, 0.6) is 0 Å². The van der Waals surface area contributed by atoms with Crippen LogP contribution in [-0.2, 0) is 14.4 Å². The summed E-state index contributed by atoms with van der Waals surface area (Å²) >= 11 is 0. The molecule has 1 heterocycles. The van der Waals surface area contributed by atoms with Gasteiger partial charge in [-0.15, -0.1) is 0 Å². The van der Waals surface area contributed by atoms with E-state index in [1.807, 2.05) is 0 Å². The highest BCUT2D eigenvalue weighted by Crippen LogP contribution is 2.34. The first-order chi connectivity index (χ1) is 5.94. The van der Waals surface area contributed by atoms with Crippen molar-refractivity contribution in [2.45, 2.75) is 33.8 Å². The van der Waals surface area contributed by atoms with E-state index in [1.54, 1.807) is 13.8 Å². The van der Waals surface area contributed by atoms with E-state index in [4.69, 9.17) is 4.84 Å². The molecule has 0 aliphatic carbocycles. The van der Waals surface area contributed by atoms with Crippen molar-refractivity contribution in [1.29, 1.82) is 0 Å². The molecule has 0 amide bonds. The lowest BCUT2D eigenvalue weighted by atomic mass is 9.73. The van der Waals surface area contributed by atoms with Gasteiger partial charge >= 0.3 is 0 Å². The summed E-state index contributed by atoms with van der Waals surface area (Å²) in [7, 11) is 0. The molecular formula is C9H13NO3. The van der Waals surface area contributed by atoms with Crippen LogP contribution < -0.4 is 0 Å². The van der Waals surface area contributed by atoms with Gasteiger partial charge in [-0.2, -0.15) is 0 Å². The van der Waals surface area contributed by atoms with Crippen molar-refractivity contribution in [2.24, 2.45) is 10.6 Å². The third kappa shape index (κ3) is 1.08. The van der Waals surface area contributed by atoms with Crippen LogP contribution in [0, 0.1) is 5.41 Å². The smallest absolute Gasteiger partial charge is 0.166 e. The molecule has 0 radical (unpaired) electrons. The van der Waals surface area contributed by atoms with Gasteiger partial charge in [0.15, 0.2) is 17.0 Å². The zero-order valence-electron chi connectivity index (χ0n) is 8.25. The van der Waals surface area contributed by atoms with Gasteiger partial charge in [0.2, 0.25) is 0 Å². The average Bonchev–Trinajstić information content (AvgIpc) is 2.27. The van der Waals surface area contributed by atoms with Crippen LogP contribution in [0.3, 0.4) is 0 Å². The van der Waals surface area contributed by atoms with E-state index >= 15 is 0 Å². The lowest BCUT2D eigenvalue weighted by Crippen LogP contribution is -2.48. The maximum atomic E-state index is 11.4. The van der Waals surface area contributed by atoms with Crippen molar-refractivity contribution >= 4 is 17.3 Å². The molecule has 1 unspecified atom stereocenters. The minimum Gasteiger partial charge on any atom is -0.391 e. The van der Waals surface area contributed by atoms with E-state index in [-0.39, 0.29) is 11.6 Å². The minimum atomic E-state index is -1.14. The summed E-state index contributed by atoms with van der Waals surface area (Å²) in [6.07, 6.45) is -0.484. The van der Waals surface area contributed by atoms with Gasteiger partial charge in [0, 0.05) is 0 Å². The average molecular weight is 183 g/mol. The lowest BCUT2D eigenvalue weighted by molar-refractivity contribution is -0.139. The molecule has 4 nitrogen and oxygen atoms in total. The number of carbonyl (C=O) groups excluding carboxylic acids is 2.